The normalized spacial score (nSPS) is 12.3. The molecule has 3 aromatic rings. The van der Waals surface area contributed by atoms with E-state index in [0.717, 1.165) is 33.5 Å². The van der Waals surface area contributed by atoms with Crippen LogP contribution >= 0.6 is 11.6 Å². The van der Waals surface area contributed by atoms with E-state index < -0.39 is 0 Å². The summed E-state index contributed by atoms with van der Waals surface area (Å²) in [4.78, 5) is 4.57. The molecule has 2 aromatic carbocycles. The van der Waals surface area contributed by atoms with E-state index in [1.54, 1.807) is 0 Å². The molecule has 106 valence electrons. The summed E-state index contributed by atoms with van der Waals surface area (Å²) in [7, 11) is 0. The Hall–Kier alpha value is -2.06. The van der Waals surface area contributed by atoms with Crippen molar-refractivity contribution in [3.8, 4) is 0 Å². The predicted octanol–water partition coefficient (Wildman–Crippen LogP) is 5.59. The van der Waals surface area contributed by atoms with Crippen molar-refractivity contribution < 1.29 is 0 Å². The highest BCUT2D eigenvalue weighted by Crippen LogP contribution is 2.32. The minimum Gasteiger partial charge on any atom is -0.355 e. The molecule has 0 radical (unpaired) electrons. The number of pyridine rings is 1. The molecule has 0 saturated heterocycles. The molecule has 3 rings (SSSR count). The summed E-state index contributed by atoms with van der Waals surface area (Å²) in [6.45, 7) is 3.99. The van der Waals surface area contributed by atoms with Gasteiger partial charge in [-0.25, -0.2) is 0 Å². The molecule has 1 N–H and O–H groups in total. The second-order valence-corrected chi connectivity index (χ2v) is 5.81. The number of rotatable bonds is 3. The van der Waals surface area contributed by atoms with Crippen molar-refractivity contribution in [2.75, 3.05) is 5.32 Å². The zero-order valence-corrected chi connectivity index (χ0v) is 12.9. The lowest BCUT2D eigenvalue weighted by atomic mass is 10.1. The van der Waals surface area contributed by atoms with E-state index in [1.807, 2.05) is 44.2 Å². The fourth-order valence-electron chi connectivity index (χ4n) is 2.51. The van der Waals surface area contributed by atoms with E-state index in [0.29, 0.717) is 0 Å². The smallest absolute Gasteiger partial charge is 0.0726 e. The molecule has 1 aromatic heterocycles. The van der Waals surface area contributed by atoms with Crippen LogP contribution in [0.4, 0.5) is 11.4 Å². The van der Waals surface area contributed by atoms with Crippen LogP contribution in [0.15, 0.2) is 54.6 Å². The van der Waals surface area contributed by atoms with Gasteiger partial charge in [0.15, 0.2) is 0 Å². The van der Waals surface area contributed by atoms with Crippen LogP contribution < -0.4 is 5.32 Å². The minimum absolute atomic E-state index is 0.0390. The van der Waals surface area contributed by atoms with Gasteiger partial charge < -0.3 is 5.32 Å². The first kappa shape index (κ1) is 13.9. The summed E-state index contributed by atoms with van der Waals surface area (Å²) in [6, 6.07) is 18.3. The van der Waals surface area contributed by atoms with Crippen LogP contribution in [0, 0.1) is 6.92 Å². The topological polar surface area (TPSA) is 24.9 Å². The molecule has 0 saturated carbocycles. The molecule has 0 aliphatic carbocycles. The van der Waals surface area contributed by atoms with Gasteiger partial charge in [0.25, 0.3) is 0 Å². The Morgan fingerprint density at radius 2 is 1.71 bits per heavy atom. The van der Waals surface area contributed by atoms with Gasteiger partial charge in [-0.2, -0.15) is 0 Å². The molecule has 1 atom stereocenters. The van der Waals surface area contributed by atoms with Gasteiger partial charge in [0.1, 0.15) is 0 Å². The number of anilines is 2. The number of aryl methyl sites for hydroxylation is 1. The summed E-state index contributed by atoms with van der Waals surface area (Å²) in [5.41, 5.74) is 5.18. The van der Waals surface area contributed by atoms with Gasteiger partial charge in [0, 0.05) is 22.5 Å². The maximum Gasteiger partial charge on any atom is 0.0726 e. The number of benzene rings is 2. The van der Waals surface area contributed by atoms with Crippen LogP contribution in [-0.2, 0) is 0 Å². The number of para-hydroxylation sites is 2. The van der Waals surface area contributed by atoms with Gasteiger partial charge in [-0.3, -0.25) is 4.98 Å². The van der Waals surface area contributed by atoms with Crippen molar-refractivity contribution in [1.29, 1.82) is 0 Å². The number of fused-ring (bicyclic) bond motifs is 1. The highest BCUT2D eigenvalue weighted by molar-refractivity contribution is 6.21. The van der Waals surface area contributed by atoms with Crippen LogP contribution in [-0.4, -0.2) is 4.98 Å². The molecule has 0 aliphatic heterocycles. The lowest BCUT2D eigenvalue weighted by Gasteiger charge is -2.15. The van der Waals surface area contributed by atoms with Crippen LogP contribution in [0.3, 0.4) is 0 Å². The molecule has 21 heavy (non-hydrogen) atoms. The van der Waals surface area contributed by atoms with Gasteiger partial charge in [-0.15, -0.1) is 11.6 Å². The monoisotopic (exact) mass is 296 g/mol. The van der Waals surface area contributed by atoms with Crippen molar-refractivity contribution in [3.63, 3.8) is 0 Å². The lowest BCUT2D eigenvalue weighted by molar-refractivity contribution is 1.09. The number of halogens is 1. The molecule has 1 unspecified atom stereocenters. The Labute approximate surface area is 129 Å². The number of nitrogens with one attached hydrogen (secondary N) is 1. The quantitative estimate of drug-likeness (QED) is 0.638. The third-order valence-corrected chi connectivity index (χ3v) is 3.74. The highest BCUT2D eigenvalue weighted by atomic mass is 35.5. The molecule has 0 bridgehead atoms. The van der Waals surface area contributed by atoms with E-state index in [1.165, 1.54) is 0 Å². The number of aromatic nitrogens is 1. The Bertz CT molecular complexity index is 781. The van der Waals surface area contributed by atoms with Gasteiger partial charge in [-0.1, -0.05) is 36.4 Å². The molecular formula is C18H17ClN2. The molecule has 1 heterocycles. The predicted molar refractivity (Wildman–Crippen MR) is 90.5 cm³/mol. The highest BCUT2D eigenvalue weighted by Gasteiger charge is 2.09. The first-order chi connectivity index (χ1) is 10.1. The fourth-order valence-corrected chi connectivity index (χ4v) is 2.70. The number of alkyl halides is 1. The first-order valence-electron chi connectivity index (χ1n) is 7.01. The number of hydrogen-bond acceptors (Lipinski definition) is 2. The van der Waals surface area contributed by atoms with Gasteiger partial charge in [-0.05, 0) is 37.6 Å². The average Bonchev–Trinajstić information content (AvgIpc) is 2.47. The Kier molecular flexibility index (Phi) is 3.80. The van der Waals surface area contributed by atoms with E-state index in [2.05, 4.69) is 34.6 Å². The van der Waals surface area contributed by atoms with Gasteiger partial charge in [0.2, 0.25) is 0 Å². The Morgan fingerprint density at radius 1 is 1.00 bits per heavy atom. The Balaban J connectivity index is 2.10. The van der Waals surface area contributed by atoms with Crippen molar-refractivity contribution in [1.82, 2.24) is 4.98 Å². The van der Waals surface area contributed by atoms with Crippen molar-refractivity contribution in [2.24, 2.45) is 0 Å². The molecular weight excluding hydrogens is 280 g/mol. The van der Waals surface area contributed by atoms with Gasteiger partial charge in [0.05, 0.1) is 10.9 Å². The van der Waals surface area contributed by atoms with E-state index in [-0.39, 0.29) is 5.38 Å². The molecule has 0 amide bonds. The van der Waals surface area contributed by atoms with E-state index >= 15 is 0 Å². The summed E-state index contributed by atoms with van der Waals surface area (Å²) in [5.74, 6) is 0. The van der Waals surface area contributed by atoms with Crippen molar-refractivity contribution in [3.05, 3.63) is 65.9 Å². The molecule has 0 spiro atoms. The molecule has 3 heteroatoms. The minimum atomic E-state index is -0.0390. The third-order valence-electron chi connectivity index (χ3n) is 3.50. The standard InChI is InChI=1S/C18H17ClN2/c1-12-11-18(15-8-4-6-10-17(15)20-12)21-16-9-5-3-7-14(16)13(2)19/h3-11,13H,1-2H3,(H,20,21). The molecule has 0 fully saturated rings. The molecule has 2 nitrogen and oxygen atoms in total. The average molecular weight is 297 g/mol. The van der Waals surface area contributed by atoms with Crippen LogP contribution in [0.25, 0.3) is 10.9 Å². The second kappa shape index (κ2) is 5.74. The van der Waals surface area contributed by atoms with Crippen LogP contribution in [0.1, 0.15) is 23.6 Å². The van der Waals surface area contributed by atoms with Crippen molar-refractivity contribution in [2.45, 2.75) is 19.2 Å². The zero-order valence-electron chi connectivity index (χ0n) is 12.1. The van der Waals surface area contributed by atoms with E-state index in [4.69, 9.17) is 11.6 Å². The maximum absolute atomic E-state index is 6.27. The SMILES string of the molecule is Cc1cc(Nc2ccccc2C(C)Cl)c2ccccc2n1. The molecule has 0 aliphatic rings. The summed E-state index contributed by atoms with van der Waals surface area (Å²) < 4.78 is 0. The fraction of sp³-hybridized carbons (Fsp3) is 0.167. The van der Waals surface area contributed by atoms with E-state index in [9.17, 15) is 0 Å². The van der Waals surface area contributed by atoms with Crippen LogP contribution in [0.2, 0.25) is 0 Å². The van der Waals surface area contributed by atoms with Crippen molar-refractivity contribution >= 4 is 33.9 Å². The second-order valence-electron chi connectivity index (χ2n) is 5.16. The lowest BCUT2D eigenvalue weighted by Crippen LogP contribution is -1.98. The third kappa shape index (κ3) is 2.86. The number of hydrogen-bond donors (Lipinski definition) is 1. The Morgan fingerprint density at radius 3 is 2.52 bits per heavy atom. The summed E-state index contributed by atoms with van der Waals surface area (Å²) >= 11 is 6.27. The summed E-state index contributed by atoms with van der Waals surface area (Å²) in [5, 5.41) is 4.59. The summed E-state index contributed by atoms with van der Waals surface area (Å²) in [6.07, 6.45) is 0. The number of nitrogens with zero attached hydrogens (tertiary/aromatic N) is 1. The van der Waals surface area contributed by atoms with Gasteiger partial charge >= 0.3 is 0 Å². The maximum atomic E-state index is 6.27. The zero-order chi connectivity index (χ0) is 14.8. The largest absolute Gasteiger partial charge is 0.355 e. The first-order valence-corrected chi connectivity index (χ1v) is 7.45. The van der Waals surface area contributed by atoms with Crippen LogP contribution in [0.5, 0.6) is 0 Å².